The summed E-state index contributed by atoms with van der Waals surface area (Å²) in [5.74, 6) is 0.658. The Morgan fingerprint density at radius 1 is 1.17 bits per heavy atom. The molecule has 0 aliphatic heterocycles. The Labute approximate surface area is 135 Å². The van der Waals surface area contributed by atoms with Gasteiger partial charge in [0.25, 0.3) is 5.91 Å². The van der Waals surface area contributed by atoms with Crippen LogP contribution in [-0.2, 0) is 6.54 Å². The van der Waals surface area contributed by atoms with Gasteiger partial charge in [-0.05, 0) is 37.6 Å². The van der Waals surface area contributed by atoms with Gasteiger partial charge in [-0.2, -0.15) is 0 Å². The van der Waals surface area contributed by atoms with E-state index in [0.717, 1.165) is 16.7 Å². The highest BCUT2D eigenvalue weighted by molar-refractivity contribution is 6.05. The number of nitrogens with one attached hydrogen (secondary N) is 1. The second-order valence-electron chi connectivity index (χ2n) is 5.64. The molecule has 4 heteroatoms. The molecule has 1 N–H and O–H groups in total. The number of ether oxygens (including phenoxy) is 1. The van der Waals surface area contributed by atoms with E-state index in [4.69, 9.17) is 9.15 Å². The molecule has 1 amide bonds. The van der Waals surface area contributed by atoms with Gasteiger partial charge in [-0.1, -0.05) is 30.3 Å². The van der Waals surface area contributed by atoms with Crippen molar-refractivity contribution in [1.82, 2.24) is 5.32 Å². The van der Waals surface area contributed by atoms with Crippen LogP contribution in [0.2, 0.25) is 0 Å². The molecule has 0 bridgehead atoms. The molecule has 118 valence electrons. The van der Waals surface area contributed by atoms with Crippen LogP contribution < -0.4 is 10.1 Å². The minimum absolute atomic E-state index is 0.122. The summed E-state index contributed by atoms with van der Waals surface area (Å²) >= 11 is 0. The van der Waals surface area contributed by atoms with Gasteiger partial charge >= 0.3 is 0 Å². The fourth-order valence-corrected chi connectivity index (χ4v) is 2.43. The third kappa shape index (κ3) is 3.54. The Morgan fingerprint density at radius 3 is 2.83 bits per heavy atom. The lowest BCUT2D eigenvalue weighted by atomic mass is 10.1. The minimum atomic E-state index is -0.148. The summed E-state index contributed by atoms with van der Waals surface area (Å²) in [5, 5.41) is 3.74. The summed E-state index contributed by atoms with van der Waals surface area (Å²) in [6, 6.07) is 15.2. The summed E-state index contributed by atoms with van der Waals surface area (Å²) in [7, 11) is 0. The highest BCUT2D eigenvalue weighted by Gasteiger charge is 2.13. The van der Waals surface area contributed by atoms with E-state index in [1.165, 1.54) is 6.26 Å². The van der Waals surface area contributed by atoms with Gasteiger partial charge in [-0.15, -0.1) is 0 Å². The molecular formula is C19H19NO3. The van der Waals surface area contributed by atoms with Crippen molar-refractivity contribution in [3.05, 3.63) is 65.9 Å². The molecule has 0 fully saturated rings. The van der Waals surface area contributed by atoms with E-state index in [1.54, 1.807) is 0 Å². The van der Waals surface area contributed by atoms with Gasteiger partial charge in [-0.3, -0.25) is 4.79 Å². The quantitative estimate of drug-likeness (QED) is 0.770. The summed E-state index contributed by atoms with van der Waals surface area (Å²) in [4.78, 5) is 12.4. The first-order chi connectivity index (χ1) is 11.1. The molecule has 0 spiro atoms. The second kappa shape index (κ2) is 6.57. The number of rotatable bonds is 5. The standard InChI is InChI=1S/C19H19NO3/c1-13(2)23-15-7-5-6-14(10-15)11-20-19(21)17-12-22-18-9-4-3-8-16(17)18/h3-10,12-13H,11H2,1-2H3,(H,20,21). The van der Waals surface area contributed by atoms with Crippen molar-refractivity contribution in [3.63, 3.8) is 0 Å². The fourth-order valence-electron chi connectivity index (χ4n) is 2.43. The summed E-state index contributed by atoms with van der Waals surface area (Å²) in [6.45, 7) is 4.41. The van der Waals surface area contributed by atoms with Crippen LogP contribution in [0.25, 0.3) is 11.0 Å². The largest absolute Gasteiger partial charge is 0.491 e. The maximum atomic E-state index is 12.4. The zero-order chi connectivity index (χ0) is 16.2. The van der Waals surface area contributed by atoms with Crippen molar-refractivity contribution in [1.29, 1.82) is 0 Å². The number of hydrogen-bond acceptors (Lipinski definition) is 3. The van der Waals surface area contributed by atoms with Crippen LogP contribution in [0.4, 0.5) is 0 Å². The van der Waals surface area contributed by atoms with Crippen molar-refractivity contribution in [2.45, 2.75) is 26.5 Å². The molecule has 1 aromatic heterocycles. The van der Waals surface area contributed by atoms with Gasteiger partial charge in [-0.25, -0.2) is 0 Å². The highest BCUT2D eigenvalue weighted by atomic mass is 16.5. The molecule has 0 unspecified atom stereocenters. The number of carbonyl (C=O) groups excluding carboxylic acids is 1. The van der Waals surface area contributed by atoms with Crippen LogP contribution in [-0.4, -0.2) is 12.0 Å². The molecule has 0 aliphatic carbocycles. The smallest absolute Gasteiger partial charge is 0.255 e. The Hall–Kier alpha value is -2.75. The molecule has 1 heterocycles. The van der Waals surface area contributed by atoms with Crippen LogP contribution in [0, 0.1) is 0 Å². The van der Waals surface area contributed by atoms with E-state index >= 15 is 0 Å². The van der Waals surface area contributed by atoms with Gasteiger partial charge in [0.2, 0.25) is 0 Å². The molecule has 0 atom stereocenters. The topological polar surface area (TPSA) is 51.5 Å². The van der Waals surface area contributed by atoms with Gasteiger partial charge < -0.3 is 14.5 Å². The minimum Gasteiger partial charge on any atom is -0.491 e. The number of benzene rings is 2. The van der Waals surface area contributed by atoms with Crippen LogP contribution >= 0.6 is 0 Å². The molecular weight excluding hydrogens is 290 g/mol. The van der Waals surface area contributed by atoms with Gasteiger partial charge in [0.05, 0.1) is 11.7 Å². The molecule has 0 aliphatic rings. The van der Waals surface area contributed by atoms with Crippen LogP contribution in [0.5, 0.6) is 5.75 Å². The summed E-state index contributed by atoms with van der Waals surface area (Å²) < 4.78 is 11.1. The molecule has 4 nitrogen and oxygen atoms in total. The maximum Gasteiger partial charge on any atom is 0.255 e. The van der Waals surface area contributed by atoms with Crippen molar-refractivity contribution in [3.8, 4) is 5.75 Å². The monoisotopic (exact) mass is 309 g/mol. The van der Waals surface area contributed by atoms with E-state index in [-0.39, 0.29) is 12.0 Å². The zero-order valence-electron chi connectivity index (χ0n) is 13.2. The van der Waals surface area contributed by atoms with Crippen LogP contribution in [0.1, 0.15) is 29.8 Å². The third-order valence-electron chi connectivity index (χ3n) is 3.45. The van der Waals surface area contributed by atoms with E-state index < -0.39 is 0 Å². The first kappa shape index (κ1) is 15.2. The van der Waals surface area contributed by atoms with Gasteiger partial charge in [0, 0.05) is 11.9 Å². The lowest BCUT2D eigenvalue weighted by Gasteiger charge is -2.11. The fraction of sp³-hybridized carbons (Fsp3) is 0.211. The first-order valence-corrected chi connectivity index (χ1v) is 7.63. The first-order valence-electron chi connectivity index (χ1n) is 7.63. The van der Waals surface area contributed by atoms with Gasteiger partial charge in [0.1, 0.15) is 17.6 Å². The number of fused-ring (bicyclic) bond motifs is 1. The molecule has 0 saturated carbocycles. The lowest BCUT2D eigenvalue weighted by Crippen LogP contribution is -2.22. The number of furan rings is 1. The lowest BCUT2D eigenvalue weighted by molar-refractivity contribution is 0.0951. The Bertz CT molecular complexity index is 820. The average Bonchev–Trinajstić information content (AvgIpc) is 2.96. The van der Waals surface area contributed by atoms with Crippen LogP contribution in [0.15, 0.2) is 59.2 Å². The summed E-state index contributed by atoms with van der Waals surface area (Å²) in [6.07, 6.45) is 1.62. The predicted octanol–water partition coefficient (Wildman–Crippen LogP) is 4.15. The number of amides is 1. The van der Waals surface area contributed by atoms with Crippen molar-refractivity contribution in [2.75, 3.05) is 0 Å². The van der Waals surface area contributed by atoms with E-state index in [2.05, 4.69) is 5.32 Å². The Morgan fingerprint density at radius 2 is 2.00 bits per heavy atom. The van der Waals surface area contributed by atoms with Crippen molar-refractivity contribution < 1.29 is 13.9 Å². The molecule has 3 aromatic rings. The molecule has 0 saturated heterocycles. The van der Waals surface area contributed by atoms with E-state index in [0.29, 0.717) is 17.7 Å². The predicted molar refractivity (Wildman–Crippen MR) is 89.6 cm³/mol. The number of para-hydroxylation sites is 1. The molecule has 3 rings (SSSR count). The second-order valence-corrected chi connectivity index (χ2v) is 5.64. The van der Waals surface area contributed by atoms with Crippen molar-refractivity contribution in [2.24, 2.45) is 0 Å². The summed E-state index contributed by atoms with van der Waals surface area (Å²) in [5.41, 5.74) is 2.25. The average molecular weight is 309 g/mol. The van der Waals surface area contributed by atoms with Crippen molar-refractivity contribution >= 4 is 16.9 Å². The van der Waals surface area contributed by atoms with Crippen LogP contribution in [0.3, 0.4) is 0 Å². The zero-order valence-corrected chi connectivity index (χ0v) is 13.2. The van der Waals surface area contributed by atoms with Gasteiger partial charge in [0.15, 0.2) is 0 Å². The molecule has 23 heavy (non-hydrogen) atoms. The Balaban J connectivity index is 1.69. The third-order valence-corrected chi connectivity index (χ3v) is 3.45. The molecule has 2 aromatic carbocycles. The molecule has 0 radical (unpaired) electrons. The van der Waals surface area contributed by atoms with E-state index in [1.807, 2.05) is 62.4 Å². The SMILES string of the molecule is CC(C)Oc1cccc(CNC(=O)c2coc3ccccc23)c1. The number of hydrogen-bond donors (Lipinski definition) is 1. The normalized spacial score (nSPS) is 10.9. The van der Waals surface area contributed by atoms with E-state index in [9.17, 15) is 4.79 Å². The maximum absolute atomic E-state index is 12.4. The number of carbonyl (C=O) groups is 1. The highest BCUT2D eigenvalue weighted by Crippen LogP contribution is 2.21. The Kier molecular flexibility index (Phi) is 4.33.